The summed E-state index contributed by atoms with van der Waals surface area (Å²) in [6.45, 7) is 4.50. The number of phenolic OH excluding ortho intramolecular Hbond substituents is 2. The molecular weight excluding hydrogens is 378 g/mol. The number of phenols is 2. The second-order valence-corrected chi connectivity index (χ2v) is 7.96. The van der Waals surface area contributed by atoms with Crippen LogP contribution in [0.5, 0.6) is 11.5 Å². The van der Waals surface area contributed by atoms with E-state index in [0.717, 1.165) is 17.5 Å². The molecule has 1 amide bonds. The van der Waals surface area contributed by atoms with Gasteiger partial charge in [-0.1, -0.05) is 30.7 Å². The SMILES string of the molecule is CCCN1C(=O)C2NNC(c3cc(Cl)c(C)cc3O)C2C1c1cccc(O)c1. The predicted molar refractivity (Wildman–Crippen MR) is 107 cm³/mol. The number of hydrazine groups is 1. The van der Waals surface area contributed by atoms with Gasteiger partial charge >= 0.3 is 0 Å². The molecule has 28 heavy (non-hydrogen) atoms. The zero-order valence-electron chi connectivity index (χ0n) is 15.8. The Bertz CT molecular complexity index is 920. The highest BCUT2D eigenvalue weighted by Crippen LogP contribution is 2.49. The maximum atomic E-state index is 13.1. The quantitative estimate of drug-likeness (QED) is 0.632. The fourth-order valence-electron chi connectivity index (χ4n) is 4.50. The van der Waals surface area contributed by atoms with Crippen molar-refractivity contribution in [2.75, 3.05) is 6.54 Å². The van der Waals surface area contributed by atoms with E-state index >= 15 is 0 Å². The van der Waals surface area contributed by atoms with Gasteiger partial charge in [0, 0.05) is 23.0 Å². The average Bonchev–Trinajstić information content (AvgIpc) is 3.18. The monoisotopic (exact) mass is 401 g/mol. The number of hydrogen-bond donors (Lipinski definition) is 4. The number of nitrogens with zero attached hydrogens (tertiary/aromatic N) is 1. The van der Waals surface area contributed by atoms with Crippen molar-refractivity contribution in [3.8, 4) is 11.5 Å². The van der Waals surface area contributed by atoms with Crippen LogP contribution in [0.1, 0.15) is 42.1 Å². The number of amides is 1. The predicted octanol–water partition coefficient (Wildman–Crippen LogP) is 3.19. The Morgan fingerprint density at radius 1 is 1.14 bits per heavy atom. The molecule has 4 rings (SSSR count). The van der Waals surface area contributed by atoms with Crippen LogP contribution in [0.15, 0.2) is 36.4 Å². The van der Waals surface area contributed by atoms with Crippen molar-refractivity contribution in [3.63, 3.8) is 0 Å². The molecule has 7 heteroatoms. The van der Waals surface area contributed by atoms with Crippen molar-refractivity contribution in [1.82, 2.24) is 15.8 Å². The van der Waals surface area contributed by atoms with Crippen LogP contribution in [0, 0.1) is 12.8 Å². The van der Waals surface area contributed by atoms with Gasteiger partial charge in [-0.05, 0) is 48.7 Å². The molecule has 0 bridgehead atoms. The van der Waals surface area contributed by atoms with Crippen LogP contribution in [0.2, 0.25) is 5.02 Å². The second-order valence-electron chi connectivity index (χ2n) is 7.55. The first-order valence-corrected chi connectivity index (χ1v) is 9.89. The van der Waals surface area contributed by atoms with Gasteiger partial charge < -0.3 is 15.1 Å². The molecule has 0 aliphatic carbocycles. The van der Waals surface area contributed by atoms with Gasteiger partial charge in [0.15, 0.2) is 0 Å². The lowest BCUT2D eigenvalue weighted by Gasteiger charge is -2.31. The molecule has 6 nitrogen and oxygen atoms in total. The van der Waals surface area contributed by atoms with Crippen molar-refractivity contribution in [3.05, 3.63) is 58.1 Å². The van der Waals surface area contributed by atoms with Crippen LogP contribution >= 0.6 is 11.6 Å². The first kappa shape index (κ1) is 19.1. The van der Waals surface area contributed by atoms with Crippen LogP contribution in [0.25, 0.3) is 0 Å². The van der Waals surface area contributed by atoms with E-state index in [9.17, 15) is 15.0 Å². The number of aromatic hydroxyl groups is 2. The first-order valence-electron chi connectivity index (χ1n) is 9.51. The van der Waals surface area contributed by atoms with E-state index in [2.05, 4.69) is 10.9 Å². The number of carbonyl (C=O) groups is 1. The lowest BCUT2D eigenvalue weighted by molar-refractivity contribution is -0.130. The average molecular weight is 402 g/mol. The van der Waals surface area contributed by atoms with Gasteiger partial charge in [0.25, 0.3) is 0 Å². The molecule has 2 aliphatic heterocycles. The Balaban J connectivity index is 1.81. The van der Waals surface area contributed by atoms with E-state index in [1.54, 1.807) is 30.3 Å². The Kier molecular flexibility index (Phi) is 4.95. The molecule has 0 aromatic heterocycles. The third kappa shape index (κ3) is 3.02. The summed E-state index contributed by atoms with van der Waals surface area (Å²) >= 11 is 6.32. The highest BCUT2D eigenvalue weighted by molar-refractivity contribution is 6.31. The van der Waals surface area contributed by atoms with Crippen LogP contribution in [-0.2, 0) is 4.79 Å². The maximum absolute atomic E-state index is 13.1. The normalized spacial score (nSPS) is 26.7. The Hall–Kier alpha value is -2.28. The number of fused-ring (bicyclic) bond motifs is 1. The molecule has 148 valence electrons. The third-order valence-electron chi connectivity index (χ3n) is 5.73. The summed E-state index contributed by atoms with van der Waals surface area (Å²) in [6, 6.07) is 9.52. The highest BCUT2D eigenvalue weighted by atomic mass is 35.5. The number of rotatable bonds is 4. The number of halogens is 1. The molecule has 0 spiro atoms. The lowest BCUT2D eigenvalue weighted by Crippen LogP contribution is -2.41. The standard InChI is InChI=1S/C21H24ClN3O3/c1-3-7-25-20(12-5-4-6-13(26)9-12)17-18(23-24-19(17)21(25)28)14-10-15(22)11(2)8-16(14)27/h4-6,8-10,17-20,23-24,26-27H,3,7H2,1-2H3. The number of benzene rings is 2. The van der Waals surface area contributed by atoms with Crippen molar-refractivity contribution in [2.45, 2.75) is 38.4 Å². The Morgan fingerprint density at radius 2 is 1.89 bits per heavy atom. The fraction of sp³-hybridized carbons (Fsp3) is 0.381. The molecule has 0 radical (unpaired) electrons. The van der Waals surface area contributed by atoms with Gasteiger partial charge in [0.1, 0.15) is 17.5 Å². The molecule has 4 N–H and O–H groups in total. The van der Waals surface area contributed by atoms with Crippen LogP contribution in [0.3, 0.4) is 0 Å². The maximum Gasteiger partial charge on any atom is 0.242 e. The molecule has 2 aliphatic rings. The van der Waals surface area contributed by atoms with E-state index in [1.807, 2.05) is 24.8 Å². The lowest BCUT2D eigenvalue weighted by atomic mass is 9.83. The van der Waals surface area contributed by atoms with Crippen LogP contribution < -0.4 is 10.9 Å². The largest absolute Gasteiger partial charge is 0.508 e. The number of aryl methyl sites for hydroxylation is 1. The Labute approximate surface area is 169 Å². The van der Waals surface area contributed by atoms with Crippen molar-refractivity contribution in [1.29, 1.82) is 0 Å². The molecule has 2 aromatic carbocycles. The molecule has 2 heterocycles. The highest BCUT2D eigenvalue weighted by Gasteiger charge is 2.55. The molecule has 4 atom stereocenters. The van der Waals surface area contributed by atoms with Crippen molar-refractivity contribution in [2.24, 2.45) is 5.92 Å². The van der Waals surface area contributed by atoms with Gasteiger partial charge in [-0.15, -0.1) is 0 Å². The van der Waals surface area contributed by atoms with Gasteiger partial charge in [0.05, 0.1) is 12.1 Å². The molecule has 0 saturated carbocycles. The molecule has 4 unspecified atom stereocenters. The smallest absolute Gasteiger partial charge is 0.242 e. The number of hydrogen-bond acceptors (Lipinski definition) is 5. The summed E-state index contributed by atoms with van der Waals surface area (Å²) in [7, 11) is 0. The minimum atomic E-state index is -0.414. The molecule has 2 aromatic rings. The summed E-state index contributed by atoms with van der Waals surface area (Å²) in [5.74, 6) is 0.179. The van der Waals surface area contributed by atoms with E-state index in [0.29, 0.717) is 17.1 Å². The van der Waals surface area contributed by atoms with E-state index in [-0.39, 0.29) is 35.4 Å². The Morgan fingerprint density at radius 3 is 2.61 bits per heavy atom. The third-order valence-corrected chi connectivity index (χ3v) is 6.14. The number of likely N-dealkylation sites (tertiary alicyclic amines) is 1. The minimum Gasteiger partial charge on any atom is -0.508 e. The zero-order chi connectivity index (χ0) is 20.0. The summed E-state index contributed by atoms with van der Waals surface area (Å²) in [6.07, 6.45) is 0.834. The van der Waals surface area contributed by atoms with E-state index in [4.69, 9.17) is 11.6 Å². The van der Waals surface area contributed by atoms with Crippen molar-refractivity contribution >= 4 is 17.5 Å². The topological polar surface area (TPSA) is 84.8 Å². The summed E-state index contributed by atoms with van der Waals surface area (Å²) in [5, 5.41) is 21.1. The first-order chi connectivity index (χ1) is 13.4. The van der Waals surface area contributed by atoms with Gasteiger partial charge in [0.2, 0.25) is 5.91 Å². The fourth-order valence-corrected chi connectivity index (χ4v) is 4.67. The van der Waals surface area contributed by atoms with Gasteiger partial charge in [-0.2, -0.15) is 0 Å². The summed E-state index contributed by atoms with van der Waals surface area (Å²) in [5.41, 5.74) is 8.65. The number of nitrogens with one attached hydrogen (secondary N) is 2. The molecule has 2 fully saturated rings. The van der Waals surface area contributed by atoms with E-state index in [1.165, 1.54) is 0 Å². The van der Waals surface area contributed by atoms with Gasteiger partial charge in [-0.25, -0.2) is 10.9 Å². The summed E-state index contributed by atoms with van der Waals surface area (Å²) in [4.78, 5) is 15.0. The van der Waals surface area contributed by atoms with Gasteiger partial charge in [-0.3, -0.25) is 4.79 Å². The molecular formula is C21H24ClN3O3. The zero-order valence-corrected chi connectivity index (χ0v) is 16.6. The minimum absolute atomic E-state index is 0.0212. The van der Waals surface area contributed by atoms with E-state index < -0.39 is 6.04 Å². The second kappa shape index (κ2) is 7.28. The van der Waals surface area contributed by atoms with Crippen LogP contribution in [0.4, 0.5) is 0 Å². The van der Waals surface area contributed by atoms with Crippen molar-refractivity contribution < 1.29 is 15.0 Å². The molecule has 2 saturated heterocycles. The van der Waals surface area contributed by atoms with Crippen LogP contribution in [-0.4, -0.2) is 33.6 Å². The number of carbonyl (C=O) groups excluding carboxylic acids is 1. The summed E-state index contributed by atoms with van der Waals surface area (Å²) < 4.78 is 0.